The highest BCUT2D eigenvalue weighted by Crippen LogP contribution is 2.36. The van der Waals surface area contributed by atoms with Crippen LogP contribution in [0.3, 0.4) is 0 Å². The Hall–Kier alpha value is -0.885. The van der Waals surface area contributed by atoms with E-state index in [1.54, 1.807) is 6.07 Å². The zero-order valence-electron chi connectivity index (χ0n) is 13.4. The number of ether oxygens (including phenoxy) is 1. The molecular weight excluding hydrogens is 304 g/mol. The Morgan fingerprint density at radius 1 is 1.09 bits per heavy atom. The van der Waals surface area contributed by atoms with Crippen molar-refractivity contribution in [3.05, 3.63) is 11.2 Å². The van der Waals surface area contributed by atoms with Gasteiger partial charge in [0.1, 0.15) is 5.15 Å². The molecule has 6 nitrogen and oxygen atoms in total. The molecule has 2 aliphatic rings. The van der Waals surface area contributed by atoms with Gasteiger partial charge in [-0.15, -0.1) is 0 Å². The van der Waals surface area contributed by atoms with Crippen LogP contribution in [-0.2, 0) is 14.0 Å². The molecule has 22 heavy (non-hydrogen) atoms. The van der Waals surface area contributed by atoms with E-state index in [1.807, 2.05) is 27.7 Å². The first kappa shape index (κ1) is 16.0. The molecule has 0 atom stereocenters. The molecule has 120 valence electrons. The molecule has 0 spiro atoms. The number of aromatic nitrogens is 2. The number of anilines is 1. The highest BCUT2D eigenvalue weighted by molar-refractivity contribution is 6.61. The molecule has 1 aromatic heterocycles. The van der Waals surface area contributed by atoms with Gasteiger partial charge in [-0.25, -0.2) is 9.97 Å². The fraction of sp³-hybridized carbons (Fsp3) is 0.714. The van der Waals surface area contributed by atoms with E-state index in [9.17, 15) is 0 Å². The second-order valence-corrected chi connectivity index (χ2v) is 6.99. The van der Waals surface area contributed by atoms with Crippen molar-refractivity contribution in [1.82, 2.24) is 9.97 Å². The van der Waals surface area contributed by atoms with E-state index < -0.39 is 18.3 Å². The lowest BCUT2D eigenvalue weighted by atomic mass is 9.84. The van der Waals surface area contributed by atoms with Gasteiger partial charge >= 0.3 is 7.12 Å². The topological polar surface area (TPSA) is 56.7 Å². The van der Waals surface area contributed by atoms with Gasteiger partial charge in [-0.2, -0.15) is 0 Å². The largest absolute Gasteiger partial charge is 0.514 e. The summed E-state index contributed by atoms with van der Waals surface area (Å²) in [5.74, 6) is 0.598. The fourth-order valence-electron chi connectivity index (χ4n) is 2.41. The van der Waals surface area contributed by atoms with Gasteiger partial charge in [0, 0.05) is 13.1 Å². The lowest BCUT2D eigenvalue weighted by molar-refractivity contribution is 0.00578. The average Bonchev–Trinajstić information content (AvgIpc) is 2.68. The van der Waals surface area contributed by atoms with Gasteiger partial charge in [-0.3, -0.25) is 0 Å². The average molecular weight is 326 g/mol. The Kier molecular flexibility index (Phi) is 4.10. The Bertz CT molecular complexity index is 548. The maximum atomic E-state index is 6.17. The first-order valence-electron chi connectivity index (χ1n) is 7.51. The zero-order chi connectivity index (χ0) is 16.0. The van der Waals surface area contributed by atoms with Gasteiger partial charge < -0.3 is 18.9 Å². The molecule has 0 saturated carbocycles. The fourth-order valence-corrected chi connectivity index (χ4v) is 2.60. The summed E-state index contributed by atoms with van der Waals surface area (Å²) in [5, 5.41) is 0.390. The molecule has 2 fully saturated rings. The summed E-state index contributed by atoms with van der Waals surface area (Å²) < 4.78 is 17.4. The monoisotopic (exact) mass is 325 g/mol. The van der Waals surface area contributed by atoms with Crippen LogP contribution < -0.4 is 10.5 Å². The van der Waals surface area contributed by atoms with Crippen molar-refractivity contribution in [2.45, 2.75) is 38.9 Å². The van der Waals surface area contributed by atoms with Crippen LogP contribution in [0, 0.1) is 0 Å². The maximum absolute atomic E-state index is 6.17. The number of rotatable bonds is 2. The molecule has 0 bridgehead atoms. The minimum absolute atomic E-state index is 0.390. The predicted octanol–water partition coefficient (Wildman–Crippen LogP) is 1.27. The maximum Gasteiger partial charge on any atom is 0.514 e. The molecule has 0 amide bonds. The van der Waals surface area contributed by atoms with E-state index in [1.165, 1.54) is 0 Å². The summed E-state index contributed by atoms with van der Waals surface area (Å²) >= 11 is 6.17. The van der Waals surface area contributed by atoms with Crippen LogP contribution in [0.2, 0.25) is 5.15 Å². The Morgan fingerprint density at radius 2 is 1.68 bits per heavy atom. The van der Waals surface area contributed by atoms with Gasteiger partial charge in [-0.1, -0.05) is 11.6 Å². The Balaban J connectivity index is 1.87. The van der Waals surface area contributed by atoms with E-state index in [-0.39, 0.29) is 0 Å². The summed E-state index contributed by atoms with van der Waals surface area (Å²) in [7, 11) is -0.537. The third kappa shape index (κ3) is 2.95. The number of morpholine rings is 1. The number of hydrogen-bond acceptors (Lipinski definition) is 6. The normalized spacial score (nSPS) is 23.9. The molecule has 2 saturated heterocycles. The second kappa shape index (κ2) is 5.63. The van der Waals surface area contributed by atoms with Gasteiger partial charge in [0.25, 0.3) is 0 Å². The minimum atomic E-state index is -0.537. The van der Waals surface area contributed by atoms with Crippen LogP contribution in [-0.4, -0.2) is 54.6 Å². The molecule has 8 heteroatoms. The smallest absolute Gasteiger partial charge is 0.398 e. The molecule has 0 aromatic carbocycles. The van der Waals surface area contributed by atoms with Crippen LogP contribution in [0.5, 0.6) is 0 Å². The van der Waals surface area contributed by atoms with Gasteiger partial charge in [-0.05, 0) is 33.8 Å². The van der Waals surface area contributed by atoms with Crippen LogP contribution in [0.4, 0.5) is 5.95 Å². The quantitative estimate of drug-likeness (QED) is 0.603. The summed E-state index contributed by atoms with van der Waals surface area (Å²) in [4.78, 5) is 11.0. The van der Waals surface area contributed by atoms with Gasteiger partial charge in [0.05, 0.1) is 30.0 Å². The molecule has 2 aliphatic heterocycles. The molecule has 0 radical (unpaired) electrons. The van der Waals surface area contributed by atoms with Crippen molar-refractivity contribution < 1.29 is 14.0 Å². The third-order valence-electron chi connectivity index (χ3n) is 4.49. The number of nitrogens with zero attached hydrogens (tertiary/aromatic N) is 3. The second-order valence-electron chi connectivity index (χ2n) is 6.60. The predicted molar refractivity (Wildman–Crippen MR) is 85.8 cm³/mol. The van der Waals surface area contributed by atoms with Crippen LogP contribution in [0.15, 0.2) is 6.07 Å². The van der Waals surface area contributed by atoms with Crippen molar-refractivity contribution >= 4 is 30.3 Å². The van der Waals surface area contributed by atoms with Crippen LogP contribution >= 0.6 is 11.6 Å². The first-order chi connectivity index (χ1) is 10.3. The van der Waals surface area contributed by atoms with Crippen molar-refractivity contribution in [2.24, 2.45) is 0 Å². The van der Waals surface area contributed by atoms with Gasteiger partial charge in [0.2, 0.25) is 5.95 Å². The summed E-state index contributed by atoms with van der Waals surface area (Å²) in [5.41, 5.74) is -0.164. The van der Waals surface area contributed by atoms with Crippen molar-refractivity contribution in [2.75, 3.05) is 31.2 Å². The molecule has 0 N–H and O–H groups in total. The summed E-state index contributed by atoms with van der Waals surface area (Å²) in [6.45, 7) is 10.9. The summed E-state index contributed by atoms with van der Waals surface area (Å²) in [6.07, 6.45) is 0. The summed E-state index contributed by atoms with van der Waals surface area (Å²) in [6, 6.07) is 1.70. The molecule has 0 aliphatic carbocycles. The van der Waals surface area contributed by atoms with E-state index in [0.29, 0.717) is 29.9 Å². The lowest BCUT2D eigenvalue weighted by Gasteiger charge is -2.32. The van der Waals surface area contributed by atoms with Crippen LogP contribution in [0.1, 0.15) is 27.7 Å². The standard InChI is InChI=1S/C14H21BClN3O3/c1-13(2)14(3,4)22-15(21-13)10-9-11(16)18-12(17-10)19-5-7-20-8-6-19/h9H,5-8H2,1-4H3. The van der Waals surface area contributed by atoms with Crippen LogP contribution in [0.25, 0.3) is 0 Å². The van der Waals surface area contributed by atoms with E-state index >= 15 is 0 Å². The molecule has 3 rings (SSSR count). The Labute approximate surface area is 136 Å². The lowest BCUT2D eigenvalue weighted by Crippen LogP contribution is -2.41. The van der Waals surface area contributed by atoms with Crippen molar-refractivity contribution in [3.63, 3.8) is 0 Å². The van der Waals surface area contributed by atoms with Crippen molar-refractivity contribution in [3.8, 4) is 0 Å². The minimum Gasteiger partial charge on any atom is -0.398 e. The molecular formula is C14H21BClN3O3. The van der Waals surface area contributed by atoms with Gasteiger partial charge in [0.15, 0.2) is 0 Å². The van der Waals surface area contributed by atoms with E-state index in [2.05, 4.69) is 14.9 Å². The molecule has 0 unspecified atom stereocenters. The van der Waals surface area contributed by atoms with Crippen molar-refractivity contribution in [1.29, 1.82) is 0 Å². The number of halogens is 1. The molecule has 1 aromatic rings. The number of hydrogen-bond donors (Lipinski definition) is 0. The van der Waals surface area contributed by atoms with E-state index in [4.69, 9.17) is 25.6 Å². The highest BCUT2D eigenvalue weighted by atomic mass is 35.5. The first-order valence-corrected chi connectivity index (χ1v) is 7.89. The third-order valence-corrected chi connectivity index (χ3v) is 4.69. The van der Waals surface area contributed by atoms with E-state index in [0.717, 1.165) is 13.1 Å². The highest BCUT2D eigenvalue weighted by Gasteiger charge is 2.52. The zero-order valence-corrected chi connectivity index (χ0v) is 14.2. The SMILES string of the molecule is CC1(C)OB(c2cc(Cl)nc(N3CCOCC3)n2)OC1(C)C. The Morgan fingerprint density at radius 3 is 2.27 bits per heavy atom. The molecule has 3 heterocycles.